The molecule has 1 aromatic carbocycles. The van der Waals surface area contributed by atoms with Gasteiger partial charge in [-0.3, -0.25) is 4.79 Å². The first-order chi connectivity index (χ1) is 10.7. The highest BCUT2D eigenvalue weighted by molar-refractivity contribution is 5.95. The predicted octanol–water partition coefficient (Wildman–Crippen LogP) is 1.97. The fourth-order valence-electron chi connectivity index (χ4n) is 2.37. The molecule has 1 aliphatic heterocycles. The Hall–Kier alpha value is -1.34. The zero-order valence-electron chi connectivity index (χ0n) is 13.3. The van der Waals surface area contributed by atoms with Gasteiger partial charge >= 0.3 is 0 Å². The number of nitrogens with one attached hydrogen (secondary N) is 1. The molecule has 6 nitrogen and oxygen atoms in total. The Balaban J connectivity index is 0.00000264. The molecule has 1 aliphatic rings. The number of halogens is 1. The van der Waals surface area contributed by atoms with Crippen LogP contribution >= 0.6 is 12.4 Å². The maximum absolute atomic E-state index is 12.3. The van der Waals surface area contributed by atoms with Gasteiger partial charge in [0.25, 0.3) is 5.91 Å². The van der Waals surface area contributed by atoms with Crippen molar-refractivity contribution in [2.24, 2.45) is 5.73 Å². The number of ether oxygens (including phenoxy) is 3. The third-order valence-electron chi connectivity index (χ3n) is 3.56. The fourth-order valence-corrected chi connectivity index (χ4v) is 2.37. The molecule has 2 atom stereocenters. The van der Waals surface area contributed by atoms with E-state index in [2.05, 4.69) is 5.32 Å². The largest absolute Gasteiger partial charge is 0.491 e. The zero-order chi connectivity index (χ0) is 15.8. The summed E-state index contributed by atoms with van der Waals surface area (Å²) < 4.78 is 16.3. The van der Waals surface area contributed by atoms with Gasteiger partial charge in [0.2, 0.25) is 0 Å². The van der Waals surface area contributed by atoms with Crippen molar-refractivity contribution in [3.8, 4) is 5.75 Å². The molecule has 0 bridgehead atoms. The third kappa shape index (κ3) is 5.99. The average molecular weight is 345 g/mol. The first kappa shape index (κ1) is 19.7. The number of rotatable bonds is 8. The van der Waals surface area contributed by atoms with Crippen molar-refractivity contribution in [1.82, 2.24) is 0 Å². The van der Waals surface area contributed by atoms with Crippen LogP contribution in [0.25, 0.3) is 0 Å². The van der Waals surface area contributed by atoms with Crippen LogP contribution in [0.4, 0.5) is 5.69 Å². The van der Waals surface area contributed by atoms with Crippen LogP contribution in [-0.2, 0) is 14.3 Å². The maximum Gasteiger partial charge on any atom is 0.253 e. The number of benzene rings is 1. The predicted molar refractivity (Wildman–Crippen MR) is 91.3 cm³/mol. The molecule has 3 N–H and O–H groups in total. The van der Waals surface area contributed by atoms with E-state index in [1.165, 1.54) is 0 Å². The molecular weight excluding hydrogens is 320 g/mol. The SMILES string of the molecule is COCCCOc1ccccc1NC(=O)[C@@H]1CC[C@H](CN)O1.Cl. The number of nitrogens with two attached hydrogens (primary N) is 1. The molecule has 23 heavy (non-hydrogen) atoms. The van der Waals surface area contributed by atoms with E-state index in [0.717, 1.165) is 12.8 Å². The number of para-hydroxylation sites is 2. The van der Waals surface area contributed by atoms with E-state index in [1.807, 2.05) is 24.3 Å². The van der Waals surface area contributed by atoms with Crippen molar-refractivity contribution in [3.05, 3.63) is 24.3 Å². The van der Waals surface area contributed by atoms with Gasteiger partial charge in [0, 0.05) is 26.7 Å². The quantitative estimate of drug-likeness (QED) is 0.704. The van der Waals surface area contributed by atoms with Gasteiger partial charge in [0.15, 0.2) is 0 Å². The lowest BCUT2D eigenvalue weighted by molar-refractivity contribution is -0.126. The van der Waals surface area contributed by atoms with Crippen molar-refractivity contribution < 1.29 is 19.0 Å². The van der Waals surface area contributed by atoms with E-state index in [-0.39, 0.29) is 24.4 Å². The Morgan fingerprint density at radius 2 is 2.13 bits per heavy atom. The Morgan fingerprint density at radius 1 is 1.35 bits per heavy atom. The molecule has 2 rings (SSSR count). The summed E-state index contributed by atoms with van der Waals surface area (Å²) in [6, 6.07) is 7.38. The number of methoxy groups -OCH3 is 1. The molecule has 0 spiro atoms. The normalized spacial score (nSPS) is 19.9. The molecule has 0 radical (unpaired) electrons. The Labute approximate surface area is 143 Å². The zero-order valence-corrected chi connectivity index (χ0v) is 14.1. The van der Waals surface area contributed by atoms with Crippen LogP contribution in [0.1, 0.15) is 19.3 Å². The second-order valence-electron chi connectivity index (χ2n) is 5.24. The maximum atomic E-state index is 12.3. The average Bonchev–Trinajstić information content (AvgIpc) is 3.02. The molecular formula is C16H25ClN2O4. The third-order valence-corrected chi connectivity index (χ3v) is 3.56. The molecule has 130 valence electrons. The van der Waals surface area contributed by atoms with E-state index >= 15 is 0 Å². The first-order valence-corrected chi connectivity index (χ1v) is 7.61. The molecule has 1 aromatic rings. The molecule has 1 fully saturated rings. The minimum atomic E-state index is -0.435. The van der Waals surface area contributed by atoms with E-state index < -0.39 is 6.10 Å². The Morgan fingerprint density at radius 3 is 2.83 bits per heavy atom. The highest BCUT2D eigenvalue weighted by atomic mass is 35.5. The lowest BCUT2D eigenvalue weighted by atomic mass is 10.2. The van der Waals surface area contributed by atoms with Crippen LogP contribution in [0.5, 0.6) is 5.75 Å². The molecule has 7 heteroatoms. The number of amides is 1. The highest BCUT2D eigenvalue weighted by Crippen LogP contribution is 2.26. The van der Waals surface area contributed by atoms with E-state index in [1.54, 1.807) is 7.11 Å². The van der Waals surface area contributed by atoms with E-state index in [9.17, 15) is 4.79 Å². The summed E-state index contributed by atoms with van der Waals surface area (Å²) in [5.41, 5.74) is 6.22. The van der Waals surface area contributed by atoms with Gasteiger partial charge < -0.3 is 25.3 Å². The van der Waals surface area contributed by atoms with Gasteiger partial charge in [-0.25, -0.2) is 0 Å². The lowest BCUT2D eigenvalue weighted by Gasteiger charge is -2.15. The van der Waals surface area contributed by atoms with Crippen LogP contribution in [-0.4, -0.2) is 45.0 Å². The van der Waals surface area contributed by atoms with Crippen LogP contribution < -0.4 is 15.8 Å². The lowest BCUT2D eigenvalue weighted by Crippen LogP contribution is -2.30. The number of carbonyl (C=O) groups excluding carboxylic acids is 1. The molecule has 0 saturated carbocycles. The Bertz CT molecular complexity index is 487. The first-order valence-electron chi connectivity index (χ1n) is 7.61. The summed E-state index contributed by atoms with van der Waals surface area (Å²) in [5, 5.41) is 2.88. The van der Waals surface area contributed by atoms with Crippen molar-refractivity contribution in [2.75, 3.05) is 32.2 Å². The molecule has 1 amide bonds. The number of carbonyl (C=O) groups is 1. The number of hydrogen-bond donors (Lipinski definition) is 2. The van der Waals surface area contributed by atoms with Gasteiger partial charge in [-0.1, -0.05) is 12.1 Å². The standard InChI is InChI=1S/C16H24N2O4.ClH/c1-20-9-4-10-21-14-6-3-2-5-13(14)18-16(19)15-8-7-12(11-17)22-15;/h2-3,5-6,12,15H,4,7-11,17H2,1H3,(H,18,19);1H/t12-,15+;/m1./s1. The van der Waals surface area contributed by atoms with Crippen LogP contribution in [0, 0.1) is 0 Å². The van der Waals surface area contributed by atoms with Gasteiger partial charge in [-0.15, -0.1) is 12.4 Å². The second-order valence-corrected chi connectivity index (χ2v) is 5.24. The van der Waals surface area contributed by atoms with E-state index in [0.29, 0.717) is 37.6 Å². The number of hydrogen-bond acceptors (Lipinski definition) is 5. The summed E-state index contributed by atoms with van der Waals surface area (Å²) in [7, 11) is 1.66. The monoisotopic (exact) mass is 344 g/mol. The van der Waals surface area contributed by atoms with Gasteiger partial charge in [0.1, 0.15) is 11.9 Å². The molecule has 0 aliphatic carbocycles. The van der Waals surface area contributed by atoms with Crippen molar-refractivity contribution >= 4 is 24.0 Å². The molecule has 0 aromatic heterocycles. The van der Waals surface area contributed by atoms with Crippen molar-refractivity contribution in [1.29, 1.82) is 0 Å². The molecule has 1 saturated heterocycles. The summed E-state index contributed by atoms with van der Waals surface area (Å²) in [6.07, 6.45) is 1.86. The fraction of sp³-hybridized carbons (Fsp3) is 0.562. The summed E-state index contributed by atoms with van der Waals surface area (Å²) in [5.74, 6) is 0.504. The van der Waals surface area contributed by atoms with Crippen LogP contribution in [0.15, 0.2) is 24.3 Å². The molecule has 1 heterocycles. The number of anilines is 1. The van der Waals surface area contributed by atoms with Gasteiger partial charge in [-0.2, -0.15) is 0 Å². The van der Waals surface area contributed by atoms with Gasteiger partial charge in [-0.05, 0) is 25.0 Å². The summed E-state index contributed by atoms with van der Waals surface area (Å²) in [4.78, 5) is 12.3. The molecule has 0 unspecified atom stereocenters. The minimum absolute atomic E-state index is 0. The second kappa shape index (κ2) is 10.4. The Kier molecular flexibility index (Phi) is 8.94. The van der Waals surface area contributed by atoms with Crippen molar-refractivity contribution in [3.63, 3.8) is 0 Å². The summed E-state index contributed by atoms with van der Waals surface area (Å²) in [6.45, 7) is 1.63. The van der Waals surface area contributed by atoms with Crippen LogP contribution in [0.2, 0.25) is 0 Å². The summed E-state index contributed by atoms with van der Waals surface area (Å²) >= 11 is 0. The smallest absolute Gasteiger partial charge is 0.253 e. The van der Waals surface area contributed by atoms with Crippen LogP contribution in [0.3, 0.4) is 0 Å². The highest BCUT2D eigenvalue weighted by Gasteiger charge is 2.30. The van der Waals surface area contributed by atoms with Crippen molar-refractivity contribution in [2.45, 2.75) is 31.5 Å². The topological polar surface area (TPSA) is 82.8 Å². The minimum Gasteiger partial charge on any atom is -0.491 e. The van der Waals surface area contributed by atoms with Gasteiger partial charge in [0.05, 0.1) is 18.4 Å². The van der Waals surface area contributed by atoms with E-state index in [4.69, 9.17) is 19.9 Å².